The van der Waals surface area contributed by atoms with Gasteiger partial charge in [0.1, 0.15) is 0 Å². The normalized spacial score (nSPS) is 12.1. The van der Waals surface area contributed by atoms with E-state index in [0.29, 0.717) is 11.4 Å². The molecular weight excluding hydrogens is 269 g/mol. The quantitative estimate of drug-likeness (QED) is 0.797. The number of carbonyl (C=O) groups excluding carboxylic acids is 1. The molecule has 2 rings (SSSR count). The van der Waals surface area contributed by atoms with Crippen LogP contribution in [0.15, 0.2) is 48.7 Å². The zero-order chi connectivity index (χ0) is 13.0. The van der Waals surface area contributed by atoms with Gasteiger partial charge < -0.3 is 0 Å². The number of hydrogen-bond donors (Lipinski definition) is 0. The highest BCUT2D eigenvalue weighted by Crippen LogP contribution is 2.28. The molecule has 1 atom stereocenters. The van der Waals surface area contributed by atoms with Crippen molar-refractivity contribution in [2.75, 3.05) is 0 Å². The van der Waals surface area contributed by atoms with Crippen molar-refractivity contribution in [2.24, 2.45) is 0 Å². The van der Waals surface area contributed by atoms with Crippen LogP contribution in [0.5, 0.6) is 0 Å². The summed E-state index contributed by atoms with van der Waals surface area (Å²) in [7, 11) is 0. The Morgan fingerprint density at radius 1 is 1.17 bits per heavy atom. The molecule has 0 spiro atoms. The molecule has 0 aliphatic rings. The fraction of sp³-hybridized carbons (Fsp3) is 0.143. The molecule has 92 valence electrons. The van der Waals surface area contributed by atoms with Crippen LogP contribution < -0.4 is 0 Å². The van der Waals surface area contributed by atoms with Crippen LogP contribution in [0.25, 0.3) is 0 Å². The number of aromatic nitrogens is 1. The Hall–Kier alpha value is -1.38. The minimum atomic E-state index is -0.463. The van der Waals surface area contributed by atoms with Gasteiger partial charge in [0.05, 0.1) is 5.92 Å². The molecule has 0 fully saturated rings. The Labute approximate surface area is 116 Å². The molecule has 1 aromatic carbocycles. The third kappa shape index (κ3) is 3.09. The van der Waals surface area contributed by atoms with E-state index in [2.05, 4.69) is 4.98 Å². The summed E-state index contributed by atoms with van der Waals surface area (Å²) in [6, 6.07) is 12.8. The maximum absolute atomic E-state index is 11.6. The summed E-state index contributed by atoms with van der Waals surface area (Å²) in [5.74, 6) is -0.463. The number of carbonyl (C=O) groups is 1. The summed E-state index contributed by atoms with van der Waals surface area (Å²) in [6.07, 6.45) is 2.14. The molecule has 0 amide bonds. The summed E-state index contributed by atoms with van der Waals surface area (Å²) in [5, 5.41) is 0.126. The third-order valence-corrected chi connectivity index (χ3v) is 3.30. The fourth-order valence-electron chi connectivity index (χ4n) is 1.80. The first kappa shape index (κ1) is 13.1. The smallest absolute Gasteiger partial charge is 0.229 e. The minimum absolute atomic E-state index is 0.422. The van der Waals surface area contributed by atoms with Crippen molar-refractivity contribution in [3.63, 3.8) is 0 Å². The molecule has 2 nitrogen and oxygen atoms in total. The van der Waals surface area contributed by atoms with Crippen LogP contribution in [-0.2, 0) is 11.2 Å². The summed E-state index contributed by atoms with van der Waals surface area (Å²) >= 11 is 11.8. The Morgan fingerprint density at radius 2 is 1.89 bits per heavy atom. The van der Waals surface area contributed by atoms with Gasteiger partial charge in [0.15, 0.2) is 0 Å². The van der Waals surface area contributed by atoms with Crippen molar-refractivity contribution in [3.05, 3.63) is 64.9 Å². The monoisotopic (exact) mass is 279 g/mol. The Kier molecular flexibility index (Phi) is 4.34. The van der Waals surface area contributed by atoms with Gasteiger partial charge in [-0.25, -0.2) is 0 Å². The van der Waals surface area contributed by atoms with Crippen LogP contribution in [0.4, 0.5) is 0 Å². The standard InChI is InChI=1S/C14H11Cl2NO/c15-13-7-2-1-6-11(13)12(14(16)18)9-10-5-3-4-8-17-10/h1-8,12H,9H2. The lowest BCUT2D eigenvalue weighted by Gasteiger charge is -2.14. The van der Waals surface area contributed by atoms with E-state index in [1.807, 2.05) is 36.4 Å². The fourth-order valence-corrected chi connectivity index (χ4v) is 2.26. The predicted molar refractivity (Wildman–Crippen MR) is 73.0 cm³/mol. The van der Waals surface area contributed by atoms with Crippen LogP contribution in [0.2, 0.25) is 5.02 Å². The zero-order valence-electron chi connectivity index (χ0n) is 9.51. The zero-order valence-corrected chi connectivity index (χ0v) is 11.0. The molecule has 2 aromatic rings. The number of nitrogens with zero attached hydrogens (tertiary/aromatic N) is 1. The van der Waals surface area contributed by atoms with Gasteiger partial charge in [-0.15, -0.1) is 0 Å². The average molecular weight is 280 g/mol. The SMILES string of the molecule is O=C(Cl)C(Cc1ccccn1)c1ccccc1Cl. The second-order valence-corrected chi connectivity index (χ2v) is 4.68. The van der Waals surface area contributed by atoms with E-state index in [1.54, 1.807) is 12.3 Å². The molecule has 0 N–H and O–H groups in total. The van der Waals surface area contributed by atoms with E-state index in [4.69, 9.17) is 23.2 Å². The lowest BCUT2D eigenvalue weighted by molar-refractivity contribution is -0.113. The summed E-state index contributed by atoms with van der Waals surface area (Å²) in [5.41, 5.74) is 1.56. The van der Waals surface area contributed by atoms with E-state index < -0.39 is 11.2 Å². The Balaban J connectivity index is 2.30. The highest BCUT2D eigenvalue weighted by Gasteiger charge is 2.21. The van der Waals surface area contributed by atoms with Crippen molar-refractivity contribution < 1.29 is 4.79 Å². The highest BCUT2D eigenvalue weighted by atomic mass is 35.5. The lowest BCUT2D eigenvalue weighted by Crippen LogP contribution is -2.11. The van der Waals surface area contributed by atoms with Gasteiger partial charge in [-0.05, 0) is 35.4 Å². The minimum Gasteiger partial charge on any atom is -0.281 e. The van der Waals surface area contributed by atoms with E-state index in [0.717, 1.165) is 11.3 Å². The lowest BCUT2D eigenvalue weighted by atomic mass is 9.95. The number of benzene rings is 1. The van der Waals surface area contributed by atoms with Gasteiger partial charge in [-0.1, -0.05) is 35.9 Å². The van der Waals surface area contributed by atoms with E-state index in [1.165, 1.54) is 0 Å². The molecule has 18 heavy (non-hydrogen) atoms. The van der Waals surface area contributed by atoms with Crippen molar-refractivity contribution in [3.8, 4) is 0 Å². The maximum Gasteiger partial charge on any atom is 0.229 e. The second-order valence-electron chi connectivity index (χ2n) is 3.90. The summed E-state index contributed by atoms with van der Waals surface area (Å²) in [6.45, 7) is 0. The van der Waals surface area contributed by atoms with Crippen molar-refractivity contribution in [2.45, 2.75) is 12.3 Å². The van der Waals surface area contributed by atoms with E-state index in [9.17, 15) is 4.79 Å². The Bertz CT molecular complexity index is 543. The predicted octanol–water partition coefficient (Wildman–Crippen LogP) is 3.83. The largest absolute Gasteiger partial charge is 0.281 e. The molecule has 0 aliphatic heterocycles. The number of hydrogen-bond acceptors (Lipinski definition) is 2. The van der Waals surface area contributed by atoms with Crippen molar-refractivity contribution in [1.82, 2.24) is 4.98 Å². The second kappa shape index (κ2) is 5.98. The molecule has 1 aromatic heterocycles. The number of halogens is 2. The maximum atomic E-state index is 11.6. The summed E-state index contributed by atoms with van der Waals surface area (Å²) < 4.78 is 0. The molecule has 0 radical (unpaired) electrons. The number of pyridine rings is 1. The van der Waals surface area contributed by atoms with Crippen molar-refractivity contribution in [1.29, 1.82) is 0 Å². The van der Waals surface area contributed by atoms with Gasteiger partial charge >= 0.3 is 0 Å². The first-order valence-corrected chi connectivity index (χ1v) is 6.28. The van der Waals surface area contributed by atoms with Crippen LogP contribution >= 0.6 is 23.2 Å². The molecular formula is C14H11Cl2NO. The highest BCUT2D eigenvalue weighted by molar-refractivity contribution is 6.64. The first-order chi connectivity index (χ1) is 8.68. The first-order valence-electron chi connectivity index (χ1n) is 5.52. The molecule has 1 heterocycles. The summed E-state index contributed by atoms with van der Waals surface area (Å²) in [4.78, 5) is 15.8. The van der Waals surface area contributed by atoms with E-state index in [-0.39, 0.29) is 0 Å². The van der Waals surface area contributed by atoms with Gasteiger partial charge in [-0.2, -0.15) is 0 Å². The van der Waals surface area contributed by atoms with Crippen LogP contribution in [0, 0.1) is 0 Å². The van der Waals surface area contributed by atoms with Gasteiger partial charge in [0.2, 0.25) is 5.24 Å². The van der Waals surface area contributed by atoms with Crippen LogP contribution in [0.1, 0.15) is 17.2 Å². The van der Waals surface area contributed by atoms with E-state index >= 15 is 0 Å². The topological polar surface area (TPSA) is 30.0 Å². The molecule has 0 aliphatic carbocycles. The molecule has 0 saturated carbocycles. The van der Waals surface area contributed by atoms with Gasteiger partial charge in [-0.3, -0.25) is 9.78 Å². The average Bonchev–Trinajstić information content (AvgIpc) is 2.38. The van der Waals surface area contributed by atoms with Crippen LogP contribution in [0.3, 0.4) is 0 Å². The van der Waals surface area contributed by atoms with Crippen molar-refractivity contribution >= 4 is 28.4 Å². The molecule has 0 bridgehead atoms. The number of rotatable bonds is 4. The van der Waals surface area contributed by atoms with Crippen LogP contribution in [-0.4, -0.2) is 10.2 Å². The Morgan fingerprint density at radius 3 is 2.50 bits per heavy atom. The third-order valence-electron chi connectivity index (χ3n) is 2.69. The molecule has 1 unspecified atom stereocenters. The van der Waals surface area contributed by atoms with Gasteiger partial charge in [0, 0.05) is 23.3 Å². The molecule has 0 saturated heterocycles. The van der Waals surface area contributed by atoms with Gasteiger partial charge in [0.25, 0.3) is 0 Å². The molecule has 4 heteroatoms.